The van der Waals surface area contributed by atoms with Crippen LogP contribution in [-0.4, -0.2) is 35.3 Å². The summed E-state index contributed by atoms with van der Waals surface area (Å²) in [6.45, 7) is 5.75. The van der Waals surface area contributed by atoms with Gasteiger partial charge in [-0.25, -0.2) is 14.6 Å². The molecule has 1 aliphatic rings. The minimum Gasteiger partial charge on any atom is -0.496 e. The van der Waals surface area contributed by atoms with E-state index in [0.29, 0.717) is 54.3 Å². The molecule has 0 fully saturated rings. The molecule has 3 heterocycles. The van der Waals surface area contributed by atoms with Gasteiger partial charge in [0.15, 0.2) is 4.80 Å². The maximum absolute atomic E-state index is 14.0. The first kappa shape index (κ1) is 30.2. The van der Waals surface area contributed by atoms with Gasteiger partial charge in [-0.3, -0.25) is 9.36 Å². The first-order chi connectivity index (χ1) is 20.7. The van der Waals surface area contributed by atoms with Crippen molar-refractivity contribution in [1.29, 1.82) is 0 Å². The number of aromatic nitrogens is 1. The number of methoxy groups -OCH3 is 1. The largest absolute Gasteiger partial charge is 0.496 e. The number of benzene rings is 2. The second kappa shape index (κ2) is 12.6. The number of nitrogens with zero attached hydrogens (tertiary/aromatic N) is 2. The van der Waals surface area contributed by atoms with Crippen LogP contribution in [0, 0.1) is 6.92 Å². The molecule has 1 atom stereocenters. The van der Waals surface area contributed by atoms with Gasteiger partial charge in [0, 0.05) is 11.6 Å². The second-order valence-corrected chi connectivity index (χ2v) is 11.7. The van der Waals surface area contributed by atoms with E-state index in [0.717, 1.165) is 17.5 Å². The number of esters is 1. The van der Waals surface area contributed by atoms with E-state index in [1.807, 2.05) is 26.0 Å². The number of fused-ring (bicyclic) bond motifs is 1. The van der Waals surface area contributed by atoms with E-state index in [9.17, 15) is 19.5 Å². The summed E-state index contributed by atoms with van der Waals surface area (Å²) in [6, 6.07) is 13.0. The number of rotatable bonds is 9. The Labute approximate surface area is 259 Å². The standard InChI is InChI=1S/C32H29BrN2O7S/c1-5-7-23-27(31(39)41-6-2)28(18-9-12-25(40-4)22(33)15-18)35-29(36)26(43-32(35)34-23)16-20-10-13-24(42-20)21-11-8-19(30(37)38)14-17(21)3/h8-16,28H,5-7H2,1-4H3,(H,37,38)/b26-16-/t28-/m0/s1. The molecular weight excluding hydrogens is 636 g/mol. The highest BCUT2D eigenvalue weighted by Gasteiger charge is 2.34. The molecule has 1 N–H and O–H groups in total. The molecule has 0 bridgehead atoms. The fourth-order valence-corrected chi connectivity index (χ4v) is 6.62. The van der Waals surface area contributed by atoms with Crippen molar-refractivity contribution in [2.24, 2.45) is 4.99 Å². The number of furan rings is 1. The highest BCUT2D eigenvalue weighted by atomic mass is 79.9. The number of halogens is 1. The van der Waals surface area contributed by atoms with Crippen LogP contribution in [0.5, 0.6) is 5.75 Å². The Morgan fingerprint density at radius 1 is 1.16 bits per heavy atom. The first-order valence-electron chi connectivity index (χ1n) is 13.7. The molecule has 0 spiro atoms. The number of hydrogen-bond donors (Lipinski definition) is 1. The molecule has 11 heteroatoms. The molecule has 1 aliphatic heterocycles. The zero-order chi connectivity index (χ0) is 30.8. The predicted octanol–water partition coefficient (Wildman–Crippen LogP) is 5.62. The van der Waals surface area contributed by atoms with E-state index in [1.165, 1.54) is 22.0 Å². The number of hydrogen-bond acceptors (Lipinski definition) is 8. The smallest absolute Gasteiger partial charge is 0.338 e. The summed E-state index contributed by atoms with van der Waals surface area (Å²) in [5.41, 5.74) is 2.99. The molecule has 0 radical (unpaired) electrons. The van der Waals surface area contributed by atoms with Gasteiger partial charge in [-0.2, -0.15) is 0 Å². The third-order valence-electron chi connectivity index (χ3n) is 7.02. The monoisotopic (exact) mass is 664 g/mol. The van der Waals surface area contributed by atoms with Crippen molar-refractivity contribution in [2.45, 2.75) is 39.7 Å². The maximum Gasteiger partial charge on any atom is 0.338 e. The lowest BCUT2D eigenvalue weighted by atomic mass is 9.94. The first-order valence-corrected chi connectivity index (χ1v) is 15.3. The molecule has 9 nitrogen and oxygen atoms in total. The van der Waals surface area contributed by atoms with Crippen LogP contribution in [0.2, 0.25) is 0 Å². The number of carboxylic acid groups (broad SMARTS) is 1. The number of aryl methyl sites for hydroxylation is 1. The van der Waals surface area contributed by atoms with Crippen LogP contribution in [-0.2, 0) is 9.53 Å². The number of carbonyl (C=O) groups is 2. The summed E-state index contributed by atoms with van der Waals surface area (Å²) in [5.74, 6) is 0.0981. The van der Waals surface area contributed by atoms with Crippen molar-refractivity contribution in [2.75, 3.05) is 13.7 Å². The Hall–Kier alpha value is -4.22. The molecular formula is C32H29BrN2O7S. The lowest BCUT2D eigenvalue weighted by molar-refractivity contribution is -0.139. The fourth-order valence-electron chi connectivity index (χ4n) is 5.07. The molecule has 0 amide bonds. The number of carbonyl (C=O) groups excluding carboxylic acids is 1. The highest BCUT2D eigenvalue weighted by molar-refractivity contribution is 9.10. The maximum atomic E-state index is 14.0. The predicted molar refractivity (Wildman–Crippen MR) is 166 cm³/mol. The molecule has 4 aromatic rings. The van der Waals surface area contributed by atoms with Gasteiger partial charge in [0.2, 0.25) is 0 Å². The molecule has 43 heavy (non-hydrogen) atoms. The average molecular weight is 666 g/mol. The Balaban J connectivity index is 1.66. The van der Waals surface area contributed by atoms with E-state index in [4.69, 9.17) is 18.9 Å². The number of allylic oxidation sites excluding steroid dienone is 1. The van der Waals surface area contributed by atoms with E-state index < -0.39 is 18.0 Å². The molecule has 222 valence electrons. The molecule has 0 saturated carbocycles. The summed E-state index contributed by atoms with van der Waals surface area (Å²) in [5, 5.41) is 9.28. The van der Waals surface area contributed by atoms with Gasteiger partial charge in [0.1, 0.15) is 17.3 Å². The van der Waals surface area contributed by atoms with Gasteiger partial charge < -0.3 is 19.0 Å². The molecule has 2 aromatic heterocycles. The van der Waals surface area contributed by atoms with Crippen LogP contribution in [0.1, 0.15) is 60.0 Å². The zero-order valence-corrected chi connectivity index (χ0v) is 26.4. The summed E-state index contributed by atoms with van der Waals surface area (Å²) in [7, 11) is 1.57. The Morgan fingerprint density at radius 2 is 1.95 bits per heavy atom. The normalized spacial score (nSPS) is 14.8. The minimum absolute atomic E-state index is 0.185. The molecule has 0 aliphatic carbocycles. The van der Waals surface area contributed by atoms with Crippen LogP contribution >= 0.6 is 27.3 Å². The van der Waals surface area contributed by atoms with Crippen LogP contribution < -0.4 is 19.6 Å². The molecule has 0 unspecified atom stereocenters. The number of aromatic carboxylic acids is 1. The van der Waals surface area contributed by atoms with E-state index in [-0.39, 0.29) is 17.7 Å². The minimum atomic E-state index is -1.00. The number of thiazole rings is 1. The summed E-state index contributed by atoms with van der Waals surface area (Å²) >= 11 is 4.76. The van der Waals surface area contributed by atoms with E-state index in [1.54, 1.807) is 50.4 Å². The quantitative estimate of drug-likeness (QED) is 0.231. The van der Waals surface area contributed by atoms with Crippen LogP contribution in [0.4, 0.5) is 0 Å². The lowest BCUT2D eigenvalue weighted by Gasteiger charge is -2.26. The van der Waals surface area contributed by atoms with Gasteiger partial charge >= 0.3 is 11.9 Å². The van der Waals surface area contributed by atoms with Gasteiger partial charge in [0.25, 0.3) is 5.56 Å². The van der Waals surface area contributed by atoms with Crippen molar-refractivity contribution in [3.63, 3.8) is 0 Å². The Bertz CT molecular complexity index is 1950. The van der Waals surface area contributed by atoms with Crippen molar-refractivity contribution >= 4 is 45.3 Å². The van der Waals surface area contributed by atoms with Crippen molar-refractivity contribution < 1.29 is 28.6 Å². The van der Waals surface area contributed by atoms with Gasteiger partial charge in [-0.15, -0.1) is 0 Å². The Morgan fingerprint density at radius 3 is 2.60 bits per heavy atom. The molecule has 5 rings (SSSR count). The number of ether oxygens (including phenoxy) is 2. The summed E-state index contributed by atoms with van der Waals surface area (Å²) < 4.78 is 19.5. The zero-order valence-electron chi connectivity index (χ0n) is 24.0. The third-order valence-corrected chi connectivity index (χ3v) is 8.63. The lowest BCUT2D eigenvalue weighted by Crippen LogP contribution is -2.40. The molecule has 0 saturated heterocycles. The molecule has 2 aromatic carbocycles. The van der Waals surface area contributed by atoms with Crippen molar-refractivity contribution in [3.05, 3.63) is 106 Å². The van der Waals surface area contributed by atoms with Crippen molar-refractivity contribution in [1.82, 2.24) is 4.57 Å². The average Bonchev–Trinajstić information content (AvgIpc) is 3.56. The fraction of sp³-hybridized carbons (Fsp3) is 0.250. The van der Waals surface area contributed by atoms with Crippen LogP contribution in [0.15, 0.2) is 78.5 Å². The van der Waals surface area contributed by atoms with Crippen molar-refractivity contribution in [3.8, 4) is 17.1 Å². The van der Waals surface area contributed by atoms with Crippen LogP contribution in [0.25, 0.3) is 17.4 Å². The summed E-state index contributed by atoms with van der Waals surface area (Å²) in [6.07, 6.45) is 2.94. The Kier molecular flexibility index (Phi) is 8.84. The van der Waals surface area contributed by atoms with E-state index >= 15 is 0 Å². The van der Waals surface area contributed by atoms with Crippen LogP contribution in [0.3, 0.4) is 0 Å². The SMILES string of the molecule is CCCC1=C(C(=O)OCC)[C@H](c2ccc(OC)c(Br)c2)n2c(s/c(=C\c3ccc(-c4ccc(C(=O)O)cc4C)o3)c2=O)=N1. The topological polar surface area (TPSA) is 120 Å². The van der Waals surface area contributed by atoms with E-state index in [2.05, 4.69) is 15.9 Å². The second-order valence-electron chi connectivity index (χ2n) is 9.84. The number of carboxylic acids is 1. The third kappa shape index (κ3) is 5.87. The summed E-state index contributed by atoms with van der Waals surface area (Å²) in [4.78, 5) is 44.0. The van der Waals surface area contributed by atoms with Gasteiger partial charge in [0.05, 0.1) is 45.6 Å². The van der Waals surface area contributed by atoms with Gasteiger partial charge in [-0.1, -0.05) is 36.8 Å². The van der Waals surface area contributed by atoms with Gasteiger partial charge in [-0.05, 0) is 83.7 Å². The highest BCUT2D eigenvalue weighted by Crippen LogP contribution is 2.36.